The molecule has 1 heterocycles. The number of anilines is 1. The van der Waals surface area contributed by atoms with Crippen LogP contribution < -0.4 is 10.6 Å². The van der Waals surface area contributed by atoms with Crippen molar-refractivity contribution in [3.05, 3.63) is 108 Å². The molecule has 0 aliphatic rings. The Morgan fingerprint density at radius 2 is 1.61 bits per heavy atom. The molecule has 0 saturated heterocycles. The summed E-state index contributed by atoms with van der Waals surface area (Å²) in [7, 11) is 0. The molecule has 4 rings (SSSR count). The van der Waals surface area contributed by atoms with Crippen LogP contribution in [0.1, 0.15) is 29.7 Å². The summed E-state index contributed by atoms with van der Waals surface area (Å²) in [5.74, 6) is -0.383. The Balaban J connectivity index is 1.30. The van der Waals surface area contributed by atoms with Gasteiger partial charge < -0.3 is 19.6 Å². The van der Waals surface area contributed by atoms with Crippen LogP contribution in [0.2, 0.25) is 0 Å². The SMILES string of the molecule is CC(OC(=O)Nc1cnc(-c2ccc(CNC(Cc3ccccc3)C(=O)O)cc2)o1)c1ccccc1. The van der Waals surface area contributed by atoms with Gasteiger partial charge in [-0.05, 0) is 42.2 Å². The summed E-state index contributed by atoms with van der Waals surface area (Å²) in [6.45, 7) is 2.19. The molecule has 3 aromatic carbocycles. The first-order valence-corrected chi connectivity index (χ1v) is 11.6. The summed E-state index contributed by atoms with van der Waals surface area (Å²) < 4.78 is 11.0. The summed E-state index contributed by atoms with van der Waals surface area (Å²) in [5, 5.41) is 15.2. The molecule has 184 valence electrons. The third-order valence-corrected chi connectivity index (χ3v) is 5.62. The maximum absolute atomic E-state index is 12.2. The van der Waals surface area contributed by atoms with Gasteiger partial charge >= 0.3 is 12.1 Å². The largest absolute Gasteiger partial charge is 0.480 e. The molecule has 0 radical (unpaired) electrons. The summed E-state index contributed by atoms with van der Waals surface area (Å²) >= 11 is 0. The lowest BCUT2D eigenvalue weighted by atomic mass is 10.1. The van der Waals surface area contributed by atoms with Gasteiger partial charge in [-0.2, -0.15) is 0 Å². The van der Waals surface area contributed by atoms with Gasteiger partial charge in [0.05, 0.1) is 6.20 Å². The van der Waals surface area contributed by atoms with Crippen LogP contribution in [0.15, 0.2) is 95.5 Å². The van der Waals surface area contributed by atoms with E-state index in [2.05, 4.69) is 15.6 Å². The fraction of sp³-hybridized carbons (Fsp3) is 0.179. The zero-order valence-electron chi connectivity index (χ0n) is 19.8. The van der Waals surface area contributed by atoms with Crippen molar-refractivity contribution < 1.29 is 23.8 Å². The maximum atomic E-state index is 12.2. The van der Waals surface area contributed by atoms with Gasteiger partial charge in [0.15, 0.2) is 0 Å². The summed E-state index contributed by atoms with van der Waals surface area (Å²) in [4.78, 5) is 28.1. The van der Waals surface area contributed by atoms with Crippen molar-refractivity contribution in [1.29, 1.82) is 0 Å². The Hall–Kier alpha value is -4.43. The fourth-order valence-corrected chi connectivity index (χ4v) is 3.65. The van der Waals surface area contributed by atoms with E-state index in [-0.39, 0.29) is 5.88 Å². The van der Waals surface area contributed by atoms with Crippen molar-refractivity contribution in [2.24, 2.45) is 0 Å². The van der Waals surface area contributed by atoms with Crippen molar-refractivity contribution in [2.45, 2.75) is 32.0 Å². The number of nitrogens with zero attached hydrogens (tertiary/aromatic N) is 1. The molecule has 0 spiro atoms. The van der Waals surface area contributed by atoms with E-state index in [9.17, 15) is 14.7 Å². The highest BCUT2D eigenvalue weighted by Crippen LogP contribution is 2.23. The second-order valence-electron chi connectivity index (χ2n) is 8.27. The maximum Gasteiger partial charge on any atom is 0.414 e. The molecule has 2 unspecified atom stereocenters. The van der Waals surface area contributed by atoms with Crippen LogP contribution in [0.4, 0.5) is 10.7 Å². The van der Waals surface area contributed by atoms with Gasteiger partial charge in [-0.25, -0.2) is 9.78 Å². The normalized spacial score (nSPS) is 12.5. The first-order chi connectivity index (χ1) is 17.5. The Kier molecular flexibility index (Phi) is 8.10. The molecular formula is C28H27N3O5. The number of carboxylic acid groups (broad SMARTS) is 1. The highest BCUT2D eigenvalue weighted by atomic mass is 16.6. The van der Waals surface area contributed by atoms with Crippen LogP contribution >= 0.6 is 0 Å². The second-order valence-corrected chi connectivity index (χ2v) is 8.27. The van der Waals surface area contributed by atoms with E-state index in [0.29, 0.717) is 18.9 Å². The molecule has 0 fully saturated rings. The number of aromatic nitrogens is 1. The lowest BCUT2D eigenvalue weighted by Crippen LogP contribution is -2.38. The molecule has 0 bridgehead atoms. The second kappa shape index (κ2) is 11.8. The van der Waals surface area contributed by atoms with Crippen molar-refractivity contribution >= 4 is 17.9 Å². The molecule has 8 nitrogen and oxygen atoms in total. The number of aliphatic carboxylic acids is 1. The Labute approximate surface area is 209 Å². The smallest absolute Gasteiger partial charge is 0.414 e. The summed E-state index contributed by atoms with van der Waals surface area (Å²) in [5.41, 5.74) is 3.48. The van der Waals surface area contributed by atoms with Crippen LogP contribution in [0.3, 0.4) is 0 Å². The van der Waals surface area contributed by atoms with Gasteiger partial charge in [0.2, 0.25) is 11.8 Å². The third kappa shape index (κ3) is 6.80. The van der Waals surface area contributed by atoms with Gasteiger partial charge in [-0.3, -0.25) is 10.1 Å². The zero-order valence-corrected chi connectivity index (χ0v) is 19.8. The molecule has 0 saturated carbocycles. The molecule has 36 heavy (non-hydrogen) atoms. The molecule has 1 amide bonds. The fourth-order valence-electron chi connectivity index (χ4n) is 3.65. The number of amides is 1. The summed E-state index contributed by atoms with van der Waals surface area (Å²) in [6.07, 6.45) is 0.759. The lowest BCUT2D eigenvalue weighted by Gasteiger charge is -2.14. The van der Waals surface area contributed by atoms with Crippen LogP contribution in [0.25, 0.3) is 11.5 Å². The topological polar surface area (TPSA) is 114 Å². The van der Waals surface area contributed by atoms with E-state index in [1.165, 1.54) is 6.20 Å². The number of hydrogen-bond acceptors (Lipinski definition) is 6. The molecule has 3 N–H and O–H groups in total. The Bertz CT molecular complexity index is 1270. The van der Waals surface area contributed by atoms with Gasteiger partial charge in [-0.1, -0.05) is 72.8 Å². The molecule has 8 heteroatoms. The zero-order chi connectivity index (χ0) is 25.3. The minimum atomic E-state index is -0.896. The van der Waals surface area contributed by atoms with Crippen LogP contribution in [0, 0.1) is 0 Å². The lowest BCUT2D eigenvalue weighted by molar-refractivity contribution is -0.139. The number of hydrogen-bond donors (Lipinski definition) is 3. The van der Waals surface area contributed by atoms with Crippen molar-refractivity contribution in [1.82, 2.24) is 10.3 Å². The first-order valence-electron chi connectivity index (χ1n) is 11.6. The predicted octanol–water partition coefficient (Wildman–Crippen LogP) is 5.44. The predicted molar refractivity (Wildman–Crippen MR) is 135 cm³/mol. The minimum absolute atomic E-state index is 0.172. The highest BCUT2D eigenvalue weighted by Gasteiger charge is 2.18. The molecule has 1 aromatic heterocycles. The quantitative estimate of drug-likeness (QED) is 0.274. The molecule has 4 aromatic rings. The van der Waals surface area contributed by atoms with Gasteiger partial charge in [0, 0.05) is 12.1 Å². The minimum Gasteiger partial charge on any atom is -0.480 e. The van der Waals surface area contributed by atoms with Crippen molar-refractivity contribution in [3.63, 3.8) is 0 Å². The van der Waals surface area contributed by atoms with E-state index in [4.69, 9.17) is 9.15 Å². The van der Waals surface area contributed by atoms with Gasteiger partial charge in [0.1, 0.15) is 12.1 Å². The Morgan fingerprint density at radius 1 is 0.944 bits per heavy atom. The van der Waals surface area contributed by atoms with Crippen molar-refractivity contribution in [2.75, 3.05) is 5.32 Å². The number of benzene rings is 3. The molecule has 0 aliphatic heterocycles. The number of rotatable bonds is 10. The van der Waals surface area contributed by atoms with Gasteiger partial charge in [0.25, 0.3) is 0 Å². The highest BCUT2D eigenvalue weighted by molar-refractivity contribution is 5.83. The number of nitrogens with one attached hydrogen (secondary N) is 2. The summed E-state index contributed by atoms with van der Waals surface area (Å²) in [6, 6.07) is 25.6. The van der Waals surface area contributed by atoms with Crippen LogP contribution in [-0.2, 0) is 22.5 Å². The standard InChI is InChI=1S/C28H27N3O5/c1-19(22-10-6-3-7-11-22)35-28(34)31-25-18-30-26(36-25)23-14-12-21(13-15-23)17-29-24(27(32)33)16-20-8-4-2-5-9-20/h2-15,18-19,24,29H,16-17H2,1H3,(H,31,34)(H,32,33). The van der Waals surface area contributed by atoms with Crippen molar-refractivity contribution in [3.8, 4) is 11.5 Å². The number of carbonyl (C=O) groups is 2. The third-order valence-electron chi connectivity index (χ3n) is 5.62. The monoisotopic (exact) mass is 485 g/mol. The average Bonchev–Trinajstić information content (AvgIpc) is 3.36. The first kappa shape index (κ1) is 24.7. The molecule has 2 atom stereocenters. The van der Waals surface area contributed by atoms with Crippen LogP contribution in [-0.4, -0.2) is 28.2 Å². The van der Waals surface area contributed by atoms with E-state index < -0.39 is 24.2 Å². The Morgan fingerprint density at radius 3 is 2.28 bits per heavy atom. The number of oxazole rings is 1. The molecule has 0 aliphatic carbocycles. The number of ether oxygens (including phenoxy) is 1. The van der Waals surface area contributed by atoms with E-state index in [1.54, 1.807) is 6.92 Å². The number of carboxylic acids is 1. The van der Waals surface area contributed by atoms with E-state index in [1.807, 2.05) is 84.9 Å². The molecular weight excluding hydrogens is 458 g/mol. The van der Waals surface area contributed by atoms with Gasteiger partial charge in [-0.15, -0.1) is 0 Å². The van der Waals surface area contributed by atoms with Crippen LogP contribution in [0.5, 0.6) is 0 Å². The average molecular weight is 486 g/mol. The van der Waals surface area contributed by atoms with E-state index in [0.717, 1.165) is 22.3 Å². The van der Waals surface area contributed by atoms with E-state index >= 15 is 0 Å². The number of carbonyl (C=O) groups excluding carboxylic acids is 1.